The first kappa shape index (κ1) is 49.9. The second-order valence-electron chi connectivity index (χ2n) is 12.9. The maximum Gasteiger partial charge on any atom is 0.470 e. The van der Waals surface area contributed by atoms with Crippen molar-refractivity contribution >= 4 is 91.9 Å². The van der Waals surface area contributed by atoms with Gasteiger partial charge in [0.05, 0.1) is 19.5 Å². The summed E-state index contributed by atoms with van der Waals surface area (Å²) in [5.74, 6) is -1.61. The van der Waals surface area contributed by atoms with E-state index in [-0.39, 0.29) is 41.6 Å². The topological polar surface area (TPSA) is 367 Å². The number of amides is 3. The number of carbonyl (C=O) groups is 4. The van der Waals surface area contributed by atoms with Gasteiger partial charge in [-0.05, 0) is 0 Å². The summed E-state index contributed by atoms with van der Waals surface area (Å²) in [7, 11) is -16.5. The van der Waals surface area contributed by atoms with Crippen LogP contribution in [0.25, 0.3) is 11.2 Å². The average molecular weight is 968 g/mol. The van der Waals surface area contributed by atoms with Gasteiger partial charge in [-0.25, -0.2) is 28.6 Å². The van der Waals surface area contributed by atoms with Crippen LogP contribution in [0.5, 0.6) is 0 Å². The third-order valence-corrected chi connectivity index (χ3v) is 12.2. The summed E-state index contributed by atoms with van der Waals surface area (Å²) in [6.07, 6.45) is -3.13. The van der Waals surface area contributed by atoms with Gasteiger partial charge in [-0.2, -0.15) is 4.31 Å². The Labute approximate surface area is 343 Å². The van der Waals surface area contributed by atoms with Gasteiger partial charge < -0.3 is 45.2 Å². The number of phosphoric acid groups is 3. The van der Waals surface area contributed by atoms with E-state index < -0.39 is 90.5 Å². The number of carbonyl (C=O) groups excluding carboxylic acids is 4. The summed E-state index contributed by atoms with van der Waals surface area (Å²) in [6.45, 7) is 1.63. The summed E-state index contributed by atoms with van der Waals surface area (Å²) in [5.41, 5.74) is -1.64. The number of nitrogens with one attached hydrogen (secondary N) is 3. The van der Waals surface area contributed by atoms with Crippen LogP contribution in [0.15, 0.2) is 24.8 Å². The van der Waals surface area contributed by atoms with E-state index in [0.29, 0.717) is 5.75 Å². The first-order chi connectivity index (χ1) is 26.9. The van der Waals surface area contributed by atoms with E-state index in [4.69, 9.17) is 13.8 Å². The monoisotopic (exact) mass is 967 g/mol. The number of fused-ring (bicyclic) bond motifs is 1. The van der Waals surface area contributed by atoms with Crippen molar-refractivity contribution in [1.29, 1.82) is 0 Å². The number of ether oxygens (including phenoxy) is 1. The molecule has 58 heavy (non-hydrogen) atoms. The van der Waals surface area contributed by atoms with E-state index in [9.17, 15) is 62.7 Å². The van der Waals surface area contributed by atoms with Crippen LogP contribution in [0, 0.1) is 5.41 Å². The molecule has 8 atom stereocenters. The van der Waals surface area contributed by atoms with Crippen molar-refractivity contribution in [1.82, 2.24) is 30.2 Å². The van der Waals surface area contributed by atoms with E-state index >= 15 is 0 Å². The first-order valence-electron chi connectivity index (χ1n) is 16.9. The van der Waals surface area contributed by atoms with Crippen LogP contribution in [0.2, 0.25) is 5.21 Å². The van der Waals surface area contributed by atoms with Crippen molar-refractivity contribution in [2.75, 3.05) is 37.4 Å². The minimum Gasteiger partial charge on any atom is -0.386 e. The summed E-state index contributed by atoms with van der Waals surface area (Å²) < 4.78 is 62.3. The summed E-state index contributed by atoms with van der Waals surface area (Å²) in [4.78, 5) is 99.2. The number of phosphoric ester groups is 3. The summed E-state index contributed by atoms with van der Waals surface area (Å²) >= 11 is 2.59. The molecule has 1 saturated heterocycles. The number of aliphatic hydroxyl groups is 2. The zero-order valence-corrected chi connectivity index (χ0v) is 37.0. The van der Waals surface area contributed by atoms with Crippen molar-refractivity contribution < 1.29 is 85.3 Å². The van der Waals surface area contributed by atoms with Crippen LogP contribution in [-0.4, -0.2) is 145 Å². The molecule has 0 saturated carbocycles. The van der Waals surface area contributed by atoms with Gasteiger partial charge in [-0.3, -0.25) is 27.7 Å². The Morgan fingerprint density at radius 1 is 1.07 bits per heavy atom. The van der Waals surface area contributed by atoms with Gasteiger partial charge in [0.2, 0.25) is 11.8 Å². The molecule has 3 unspecified atom stereocenters. The van der Waals surface area contributed by atoms with Crippen molar-refractivity contribution in [3.8, 4) is 0 Å². The normalized spacial score (nSPS) is 21.3. The SMILES string of the molecule is CC(=O)Nc1ncnc2c1ncn2[C@@H]1O[C@H](COP(=O)(O)OP(=O)(O)OCC(C)(C)[C@@H](O)C(=O)NCCC(=O)NCCSC(=O)C=CCC[AsH2])[C@@H](OP(=O)(O)O)[C@H]1O. The third kappa shape index (κ3) is 15.9. The molecule has 0 radical (unpaired) electrons. The quantitative estimate of drug-likeness (QED) is 0.0280. The molecule has 1 aliphatic rings. The molecule has 2 aromatic rings. The van der Waals surface area contributed by atoms with Crippen LogP contribution >= 0.6 is 35.2 Å². The first-order valence-corrected chi connectivity index (χ1v) is 24.1. The minimum atomic E-state index is -5.60. The Morgan fingerprint density at radius 3 is 2.41 bits per heavy atom. The second-order valence-corrected chi connectivity index (χ2v) is 19.4. The molecule has 25 nitrogen and oxygen atoms in total. The van der Waals surface area contributed by atoms with Crippen molar-refractivity contribution in [2.24, 2.45) is 5.41 Å². The number of allylic oxidation sites excluding steroid dienone is 1. The summed E-state index contributed by atoms with van der Waals surface area (Å²) in [5, 5.41) is 29.7. The Balaban J connectivity index is 1.53. The maximum atomic E-state index is 12.7. The number of anilines is 1. The predicted molar refractivity (Wildman–Crippen MR) is 204 cm³/mol. The van der Waals surface area contributed by atoms with Crippen molar-refractivity contribution in [2.45, 2.75) is 69.5 Å². The van der Waals surface area contributed by atoms with Gasteiger partial charge in [0.1, 0.15) is 30.7 Å². The van der Waals surface area contributed by atoms with Crippen LogP contribution in [0.4, 0.5) is 5.82 Å². The van der Waals surface area contributed by atoms with E-state index in [1.54, 1.807) is 22.9 Å². The van der Waals surface area contributed by atoms with Crippen LogP contribution < -0.4 is 16.0 Å². The van der Waals surface area contributed by atoms with Gasteiger partial charge in [0.25, 0.3) is 0 Å². The van der Waals surface area contributed by atoms with Gasteiger partial charge in [0.15, 0.2) is 23.2 Å². The molecule has 1 fully saturated rings. The molecule has 0 bridgehead atoms. The molecule has 326 valence electrons. The van der Waals surface area contributed by atoms with Crippen molar-refractivity contribution in [3.05, 3.63) is 24.8 Å². The Hall–Kier alpha value is -2.47. The molecule has 0 aromatic carbocycles. The van der Waals surface area contributed by atoms with E-state index in [1.807, 2.05) is 0 Å². The standard InChI is InChI=1S/C28H45AsN7O18P3S/c1-16(37)35-24-20-25(33-14-32-24)36(15-34-20)27-21(40)22(53-55(43,44)45)17(52-27)12-50-56(46,47)54-57(48,49)51-13-28(2,3)23(41)26(42)31-9-7-18(38)30-10-11-58-19(39)6-4-5-8-29/h4,6,14-15,17,21-23,27,40-41H,5,7-13,29H2,1-3H3,(H,30,38)(H,31,42)(H,46,47)(H,48,49)(H2,43,44,45)(H,32,33,35,37)/t17-,21-,22-,23+,27-/m1/s1. The fourth-order valence-electron chi connectivity index (χ4n) is 4.85. The second kappa shape index (κ2) is 21.9. The molecule has 0 aliphatic carbocycles. The number of thioether (sulfide) groups is 1. The molecule has 9 N–H and O–H groups in total. The van der Waals surface area contributed by atoms with Gasteiger partial charge in [0, 0.05) is 12.3 Å². The molecule has 3 amide bonds. The maximum absolute atomic E-state index is 12.7. The largest absolute Gasteiger partial charge is 0.470 e. The van der Waals surface area contributed by atoms with Gasteiger partial charge >= 0.3 is 127 Å². The fraction of sp³-hybridized carbons (Fsp3) is 0.607. The molecular weight excluding hydrogens is 922 g/mol. The zero-order chi connectivity index (χ0) is 43.5. The Bertz CT molecular complexity index is 1950. The zero-order valence-electron chi connectivity index (χ0n) is 31.1. The number of hydrogen-bond donors (Lipinski definition) is 9. The fourth-order valence-corrected chi connectivity index (χ4v) is 8.68. The number of imidazole rings is 1. The molecule has 30 heteroatoms. The molecule has 3 rings (SSSR count). The molecule has 3 heterocycles. The molecular formula is C28H45AsN7O18P3S. The Morgan fingerprint density at radius 2 is 1.76 bits per heavy atom. The number of rotatable bonds is 23. The minimum absolute atomic E-state index is 0.0211. The average Bonchev–Trinajstić information content (AvgIpc) is 3.67. The van der Waals surface area contributed by atoms with E-state index in [1.165, 1.54) is 26.8 Å². The van der Waals surface area contributed by atoms with E-state index in [0.717, 1.165) is 40.6 Å². The molecule has 2 aromatic heterocycles. The number of hydrogen-bond acceptors (Lipinski definition) is 18. The van der Waals surface area contributed by atoms with Crippen molar-refractivity contribution in [3.63, 3.8) is 0 Å². The van der Waals surface area contributed by atoms with Gasteiger partial charge in [-0.1, -0.05) is 13.8 Å². The van der Waals surface area contributed by atoms with Crippen LogP contribution in [0.3, 0.4) is 0 Å². The molecule has 1 aliphatic heterocycles. The number of nitrogens with zero attached hydrogens (tertiary/aromatic N) is 4. The van der Waals surface area contributed by atoms with E-state index in [2.05, 4.69) is 39.7 Å². The Kier molecular flexibility index (Phi) is 18.8. The molecule has 0 spiro atoms. The summed E-state index contributed by atoms with van der Waals surface area (Å²) in [6, 6.07) is 0. The third-order valence-electron chi connectivity index (χ3n) is 7.60. The van der Waals surface area contributed by atoms with Gasteiger partial charge in [-0.15, -0.1) is 0 Å². The number of aliphatic hydroxyl groups excluding tert-OH is 2. The van der Waals surface area contributed by atoms with Crippen LogP contribution in [0.1, 0.15) is 39.8 Å². The van der Waals surface area contributed by atoms with Crippen LogP contribution in [-0.2, 0) is 55.5 Å². The smallest absolute Gasteiger partial charge is 0.386 e. The number of aromatic nitrogens is 4. The predicted octanol–water partition coefficient (Wildman–Crippen LogP) is -0.961.